The van der Waals surface area contributed by atoms with Gasteiger partial charge in [0.1, 0.15) is 0 Å². The second-order valence-electron chi connectivity index (χ2n) is 6.84. The molecule has 1 heterocycles. The maximum absolute atomic E-state index is 4.83. The smallest absolute Gasteiger partial charge is 0.0709 e. The van der Waals surface area contributed by atoms with Gasteiger partial charge < -0.3 is 0 Å². The van der Waals surface area contributed by atoms with Crippen molar-refractivity contribution in [3.8, 4) is 0 Å². The predicted molar refractivity (Wildman–Crippen MR) is 86.1 cm³/mol. The van der Waals surface area contributed by atoms with E-state index in [0.717, 1.165) is 23.6 Å². The van der Waals surface area contributed by atoms with Crippen molar-refractivity contribution in [2.75, 3.05) is 5.33 Å². The molecule has 2 saturated carbocycles. The highest BCUT2D eigenvalue weighted by atomic mass is 79.9. The molecule has 0 saturated heterocycles. The van der Waals surface area contributed by atoms with Gasteiger partial charge in [0.25, 0.3) is 0 Å². The van der Waals surface area contributed by atoms with E-state index in [9.17, 15) is 0 Å². The maximum atomic E-state index is 4.83. The highest BCUT2D eigenvalue weighted by Gasteiger charge is 2.50. The topological polar surface area (TPSA) is 17.8 Å². The summed E-state index contributed by atoms with van der Waals surface area (Å²) in [6.45, 7) is 0. The van der Waals surface area contributed by atoms with Crippen LogP contribution in [0.5, 0.6) is 0 Å². The molecule has 3 atom stereocenters. The van der Waals surface area contributed by atoms with Gasteiger partial charge in [-0.2, -0.15) is 5.10 Å². The van der Waals surface area contributed by atoms with E-state index in [2.05, 4.69) is 47.2 Å². The summed E-state index contributed by atoms with van der Waals surface area (Å²) in [5, 5.41) is 7.30. The number of hydrogen-bond donors (Lipinski definition) is 0. The number of aromatic nitrogens is 2. The second kappa shape index (κ2) is 4.59. The number of nitrogens with zero attached hydrogens (tertiary/aromatic N) is 2. The van der Waals surface area contributed by atoms with Gasteiger partial charge in [0.2, 0.25) is 0 Å². The highest BCUT2D eigenvalue weighted by Crippen LogP contribution is 2.58. The lowest BCUT2D eigenvalue weighted by Gasteiger charge is -2.36. The van der Waals surface area contributed by atoms with Gasteiger partial charge in [0.05, 0.1) is 11.2 Å². The molecule has 106 valence electrons. The summed E-state index contributed by atoms with van der Waals surface area (Å²) in [4.78, 5) is 0. The lowest BCUT2D eigenvalue weighted by atomic mass is 9.71. The Morgan fingerprint density at radius 3 is 2.90 bits per heavy atom. The molecule has 0 aliphatic heterocycles. The van der Waals surface area contributed by atoms with E-state index >= 15 is 0 Å². The first-order chi connectivity index (χ1) is 9.72. The first-order valence-corrected chi connectivity index (χ1v) is 8.80. The third-order valence-corrected chi connectivity index (χ3v) is 6.84. The second-order valence-corrected chi connectivity index (χ2v) is 7.40. The molecule has 2 aliphatic carbocycles. The van der Waals surface area contributed by atoms with Gasteiger partial charge in [0.15, 0.2) is 0 Å². The van der Waals surface area contributed by atoms with Crippen molar-refractivity contribution >= 4 is 26.8 Å². The van der Waals surface area contributed by atoms with Crippen molar-refractivity contribution in [2.45, 2.75) is 32.1 Å². The van der Waals surface area contributed by atoms with E-state index in [1.54, 1.807) is 0 Å². The minimum absolute atomic E-state index is 0.458. The molecular formula is C17H21BrN2. The Hall–Kier alpha value is -0.830. The summed E-state index contributed by atoms with van der Waals surface area (Å²) < 4.78 is 2.04. The molecule has 2 bridgehead atoms. The number of benzene rings is 1. The number of halogens is 1. The molecule has 2 aliphatic rings. The molecule has 2 nitrogen and oxygen atoms in total. The van der Waals surface area contributed by atoms with Gasteiger partial charge in [-0.3, -0.25) is 4.68 Å². The molecule has 20 heavy (non-hydrogen) atoms. The molecule has 3 heteroatoms. The van der Waals surface area contributed by atoms with Crippen LogP contribution in [0.1, 0.15) is 31.4 Å². The van der Waals surface area contributed by atoms with Crippen LogP contribution in [-0.4, -0.2) is 15.1 Å². The zero-order valence-electron chi connectivity index (χ0n) is 12.0. The molecule has 3 unspecified atom stereocenters. The lowest BCUT2D eigenvalue weighted by molar-refractivity contribution is 0.195. The molecule has 0 spiro atoms. The van der Waals surface area contributed by atoms with E-state index < -0.39 is 0 Å². The van der Waals surface area contributed by atoms with Gasteiger partial charge in [-0.25, -0.2) is 0 Å². The molecule has 0 N–H and O–H groups in total. The number of rotatable bonds is 3. The standard InChI is InChI=1S/C17H21BrN2/c1-20-16-5-3-2-4-14(16)15(19-20)10-17(11-18)9-12-6-7-13(17)8-12/h2-5,12-13H,6-11H2,1H3. The Bertz CT molecular complexity index is 647. The SMILES string of the molecule is Cn1nc(CC2(CBr)CC3CCC2C3)c2ccccc21. The van der Waals surface area contributed by atoms with E-state index in [-0.39, 0.29) is 0 Å². The summed E-state index contributed by atoms with van der Waals surface area (Å²) in [6, 6.07) is 8.64. The minimum Gasteiger partial charge on any atom is -0.268 e. The maximum Gasteiger partial charge on any atom is 0.0709 e. The average Bonchev–Trinajstić information content (AvgIpc) is 3.14. The van der Waals surface area contributed by atoms with E-state index in [0.29, 0.717) is 5.41 Å². The van der Waals surface area contributed by atoms with Crippen LogP contribution in [0, 0.1) is 17.3 Å². The van der Waals surface area contributed by atoms with Crippen LogP contribution in [-0.2, 0) is 13.5 Å². The van der Waals surface area contributed by atoms with Crippen molar-refractivity contribution in [3.05, 3.63) is 30.0 Å². The zero-order chi connectivity index (χ0) is 13.7. The first-order valence-electron chi connectivity index (χ1n) is 7.68. The van der Waals surface area contributed by atoms with Crippen molar-refractivity contribution in [1.82, 2.24) is 9.78 Å². The molecule has 4 rings (SSSR count). The number of alkyl halides is 1. The van der Waals surface area contributed by atoms with Crippen LogP contribution >= 0.6 is 15.9 Å². The Labute approximate surface area is 128 Å². The van der Waals surface area contributed by atoms with Gasteiger partial charge in [0, 0.05) is 17.8 Å². The predicted octanol–water partition coefficient (Wildman–Crippen LogP) is 4.32. The summed E-state index contributed by atoms with van der Waals surface area (Å²) in [6.07, 6.45) is 6.88. The zero-order valence-corrected chi connectivity index (χ0v) is 13.6. The van der Waals surface area contributed by atoms with Crippen LogP contribution in [0.25, 0.3) is 10.9 Å². The van der Waals surface area contributed by atoms with Crippen LogP contribution in [0.2, 0.25) is 0 Å². The largest absolute Gasteiger partial charge is 0.268 e. The quantitative estimate of drug-likeness (QED) is 0.765. The highest BCUT2D eigenvalue weighted by molar-refractivity contribution is 9.09. The summed E-state index contributed by atoms with van der Waals surface area (Å²) in [7, 11) is 2.06. The van der Waals surface area contributed by atoms with Crippen molar-refractivity contribution in [2.24, 2.45) is 24.3 Å². The Morgan fingerprint density at radius 1 is 1.35 bits per heavy atom. The van der Waals surface area contributed by atoms with E-state index in [4.69, 9.17) is 5.10 Å². The summed E-state index contributed by atoms with van der Waals surface area (Å²) in [5.41, 5.74) is 3.02. The third kappa shape index (κ3) is 1.78. The fourth-order valence-corrected chi connectivity index (χ4v) is 5.62. The molecule has 1 aromatic heterocycles. The van der Waals surface area contributed by atoms with Gasteiger partial charge in [-0.1, -0.05) is 40.5 Å². The Balaban J connectivity index is 1.74. The molecular weight excluding hydrogens is 312 g/mol. The van der Waals surface area contributed by atoms with Crippen molar-refractivity contribution < 1.29 is 0 Å². The summed E-state index contributed by atoms with van der Waals surface area (Å²) in [5.74, 6) is 1.89. The molecule has 2 fully saturated rings. The van der Waals surface area contributed by atoms with Gasteiger partial charge in [-0.15, -0.1) is 0 Å². The van der Waals surface area contributed by atoms with Crippen LogP contribution in [0.3, 0.4) is 0 Å². The molecule has 1 aromatic carbocycles. The fourth-order valence-electron chi connectivity index (χ4n) is 4.74. The Kier molecular flexibility index (Phi) is 2.95. The first kappa shape index (κ1) is 12.9. The molecule has 0 amide bonds. The number of hydrogen-bond acceptors (Lipinski definition) is 1. The minimum atomic E-state index is 0.458. The molecule has 2 aromatic rings. The Morgan fingerprint density at radius 2 is 2.20 bits per heavy atom. The van der Waals surface area contributed by atoms with Gasteiger partial charge in [-0.05, 0) is 49.0 Å². The van der Waals surface area contributed by atoms with Crippen LogP contribution in [0.15, 0.2) is 24.3 Å². The third-order valence-electron chi connectivity index (χ3n) is 5.72. The van der Waals surface area contributed by atoms with E-state index in [1.165, 1.54) is 42.3 Å². The van der Waals surface area contributed by atoms with Gasteiger partial charge >= 0.3 is 0 Å². The average molecular weight is 333 g/mol. The van der Waals surface area contributed by atoms with Crippen LogP contribution in [0.4, 0.5) is 0 Å². The fraction of sp³-hybridized carbons (Fsp3) is 0.588. The van der Waals surface area contributed by atoms with E-state index in [1.807, 2.05) is 4.68 Å². The van der Waals surface area contributed by atoms with Crippen LogP contribution < -0.4 is 0 Å². The lowest BCUT2D eigenvalue weighted by Crippen LogP contribution is -2.32. The number of fused-ring (bicyclic) bond motifs is 3. The van der Waals surface area contributed by atoms with Crippen molar-refractivity contribution in [1.29, 1.82) is 0 Å². The number of para-hydroxylation sites is 1. The van der Waals surface area contributed by atoms with Crippen molar-refractivity contribution in [3.63, 3.8) is 0 Å². The summed E-state index contributed by atoms with van der Waals surface area (Å²) >= 11 is 3.83. The number of aryl methyl sites for hydroxylation is 1. The monoisotopic (exact) mass is 332 g/mol. The molecule has 0 radical (unpaired) electrons. The normalized spacial score (nSPS) is 32.3.